The summed E-state index contributed by atoms with van der Waals surface area (Å²) in [6.07, 6.45) is 2.81. The fourth-order valence-corrected chi connectivity index (χ4v) is 3.33. The van der Waals surface area contributed by atoms with Crippen LogP contribution in [0.1, 0.15) is 29.9 Å². The largest absolute Gasteiger partial charge is 0.393 e. The molecule has 0 bridgehead atoms. The molecule has 1 aliphatic rings. The predicted octanol–water partition coefficient (Wildman–Crippen LogP) is 2.38. The average molecular weight is 291 g/mol. The van der Waals surface area contributed by atoms with Crippen molar-refractivity contribution in [3.8, 4) is 0 Å². The Hall–Kier alpha value is -1.46. The highest BCUT2D eigenvalue weighted by Gasteiger charge is 2.23. The summed E-state index contributed by atoms with van der Waals surface area (Å²) in [5, 5.41) is 17.1. The number of aryl methyl sites for hydroxylation is 1. The Kier molecular flexibility index (Phi) is 4.22. The van der Waals surface area contributed by atoms with Gasteiger partial charge in [-0.15, -0.1) is 0 Å². The highest BCUT2D eigenvalue weighted by molar-refractivity contribution is 5.79. The molecule has 2 aromatic rings. The minimum Gasteiger partial charge on any atom is -0.393 e. The van der Waals surface area contributed by atoms with Crippen molar-refractivity contribution in [3.63, 3.8) is 0 Å². The summed E-state index contributed by atoms with van der Waals surface area (Å²) in [5.41, 5.74) is 3.77. The molecule has 1 unspecified atom stereocenters. The molecule has 114 valence electrons. The molecule has 0 aliphatic carbocycles. The Labute approximate surface area is 124 Å². The minimum absolute atomic E-state index is 0.349. The van der Waals surface area contributed by atoms with Crippen LogP contribution in [0.2, 0.25) is 0 Å². The lowest BCUT2D eigenvalue weighted by Gasteiger charge is -2.33. The van der Waals surface area contributed by atoms with Crippen molar-refractivity contribution in [2.75, 3.05) is 26.2 Å². The fourth-order valence-electron chi connectivity index (χ4n) is 3.33. The molecule has 2 N–H and O–H groups in total. The Morgan fingerprint density at radius 2 is 2.19 bits per heavy atom. The number of H-pyrrole nitrogens is 1. The topological polar surface area (TPSA) is 52.2 Å². The number of fused-ring (bicyclic) bond motifs is 1. The quantitative estimate of drug-likeness (QED) is 0.909. The van der Waals surface area contributed by atoms with Crippen LogP contribution >= 0.6 is 0 Å². The first-order valence-electron chi connectivity index (χ1n) is 7.58. The first kappa shape index (κ1) is 14.5. The van der Waals surface area contributed by atoms with Crippen molar-refractivity contribution in [2.45, 2.75) is 31.9 Å². The Bertz CT molecular complexity index is 605. The summed E-state index contributed by atoms with van der Waals surface area (Å²) in [6.45, 7) is 3.91. The number of nitrogens with one attached hydrogen (secondary N) is 1. The van der Waals surface area contributed by atoms with Gasteiger partial charge < -0.3 is 10.0 Å². The Morgan fingerprint density at radius 1 is 1.43 bits per heavy atom. The number of aliphatic hydroxyl groups is 1. The fraction of sp³-hybridized carbons (Fsp3) is 0.562. The van der Waals surface area contributed by atoms with E-state index in [-0.39, 0.29) is 6.61 Å². The second kappa shape index (κ2) is 6.12. The maximum absolute atomic E-state index is 13.2. The van der Waals surface area contributed by atoms with Crippen molar-refractivity contribution < 1.29 is 9.50 Å². The molecule has 0 saturated carbocycles. The van der Waals surface area contributed by atoms with Crippen LogP contribution in [-0.2, 0) is 0 Å². The number of nitrogens with zero attached hydrogens (tertiary/aromatic N) is 2. The summed E-state index contributed by atoms with van der Waals surface area (Å²) in [5.74, 6) is 0.529. The van der Waals surface area contributed by atoms with E-state index in [1.54, 1.807) is 0 Å². The smallest absolute Gasteiger partial charge is 0.136 e. The van der Waals surface area contributed by atoms with Gasteiger partial charge in [0.1, 0.15) is 6.17 Å². The predicted molar refractivity (Wildman–Crippen MR) is 81.2 cm³/mol. The molecule has 0 amide bonds. The molecule has 1 saturated heterocycles. The molecule has 21 heavy (non-hydrogen) atoms. The number of aromatic amines is 1. The number of aromatic nitrogens is 2. The van der Waals surface area contributed by atoms with Crippen LogP contribution < -0.4 is 0 Å². The molecule has 1 aliphatic heterocycles. The van der Waals surface area contributed by atoms with E-state index in [9.17, 15) is 4.39 Å². The van der Waals surface area contributed by atoms with Gasteiger partial charge in [-0.1, -0.05) is 0 Å². The SMILES string of the molecule is Cc1cc2cn[nH]c2cc1C1CCN(CC(F)CO)CC1. The van der Waals surface area contributed by atoms with Crippen LogP contribution in [0.15, 0.2) is 18.3 Å². The maximum Gasteiger partial charge on any atom is 0.136 e. The molecule has 4 nitrogen and oxygen atoms in total. The van der Waals surface area contributed by atoms with Gasteiger partial charge in [0.05, 0.1) is 18.3 Å². The number of aliphatic hydroxyl groups excluding tert-OH is 1. The van der Waals surface area contributed by atoms with E-state index >= 15 is 0 Å². The molecule has 0 spiro atoms. The number of piperidine rings is 1. The van der Waals surface area contributed by atoms with Gasteiger partial charge >= 0.3 is 0 Å². The first-order chi connectivity index (χ1) is 10.2. The highest BCUT2D eigenvalue weighted by atomic mass is 19.1. The van der Waals surface area contributed by atoms with Gasteiger partial charge in [0, 0.05) is 11.9 Å². The molecule has 1 aromatic carbocycles. The van der Waals surface area contributed by atoms with E-state index < -0.39 is 6.17 Å². The van der Waals surface area contributed by atoms with Crippen molar-refractivity contribution in [2.24, 2.45) is 0 Å². The molecular formula is C16H22FN3O. The Balaban J connectivity index is 1.69. The van der Waals surface area contributed by atoms with Crippen molar-refractivity contribution in [1.29, 1.82) is 0 Å². The number of rotatable bonds is 4. The van der Waals surface area contributed by atoms with Crippen LogP contribution in [0.5, 0.6) is 0 Å². The van der Waals surface area contributed by atoms with E-state index in [1.165, 1.54) is 11.1 Å². The average Bonchev–Trinajstić information content (AvgIpc) is 2.94. The second-order valence-corrected chi connectivity index (χ2v) is 6.02. The van der Waals surface area contributed by atoms with E-state index in [0.717, 1.165) is 36.8 Å². The third-order valence-corrected chi connectivity index (χ3v) is 4.51. The van der Waals surface area contributed by atoms with Crippen LogP contribution in [0, 0.1) is 6.92 Å². The molecule has 5 heteroatoms. The van der Waals surface area contributed by atoms with Gasteiger partial charge in [-0.05, 0) is 62.0 Å². The lowest BCUT2D eigenvalue weighted by molar-refractivity contribution is 0.111. The minimum atomic E-state index is -1.12. The summed E-state index contributed by atoms with van der Waals surface area (Å²) in [7, 11) is 0. The number of benzene rings is 1. The first-order valence-corrected chi connectivity index (χ1v) is 7.58. The number of hydrogen-bond donors (Lipinski definition) is 2. The molecule has 0 radical (unpaired) electrons. The molecule has 2 heterocycles. The van der Waals surface area contributed by atoms with Crippen LogP contribution in [0.25, 0.3) is 10.9 Å². The third kappa shape index (κ3) is 3.09. The van der Waals surface area contributed by atoms with Gasteiger partial charge in [0.15, 0.2) is 0 Å². The summed E-state index contributed by atoms with van der Waals surface area (Å²) < 4.78 is 13.2. The van der Waals surface area contributed by atoms with Crippen LogP contribution in [-0.4, -0.2) is 52.6 Å². The van der Waals surface area contributed by atoms with E-state index in [1.807, 2.05) is 6.20 Å². The number of alkyl halides is 1. The normalized spacial score (nSPS) is 19.2. The lowest BCUT2D eigenvalue weighted by atomic mass is 9.86. The number of halogens is 1. The van der Waals surface area contributed by atoms with Gasteiger partial charge in [-0.3, -0.25) is 5.10 Å². The zero-order valence-corrected chi connectivity index (χ0v) is 12.3. The Morgan fingerprint density at radius 3 is 2.90 bits per heavy atom. The molecular weight excluding hydrogens is 269 g/mol. The van der Waals surface area contributed by atoms with Gasteiger partial charge in [-0.2, -0.15) is 5.10 Å². The molecule has 3 rings (SSSR count). The van der Waals surface area contributed by atoms with Crippen LogP contribution in [0.4, 0.5) is 4.39 Å². The zero-order valence-electron chi connectivity index (χ0n) is 12.3. The van der Waals surface area contributed by atoms with Crippen molar-refractivity contribution >= 4 is 10.9 Å². The standard InChI is InChI=1S/C16H22FN3O/c1-11-6-13-8-18-19-16(13)7-15(11)12-2-4-20(5-3-12)9-14(17)10-21/h6-8,12,14,21H,2-5,9-10H2,1H3,(H,18,19). The maximum atomic E-state index is 13.2. The number of likely N-dealkylation sites (tertiary alicyclic amines) is 1. The highest BCUT2D eigenvalue weighted by Crippen LogP contribution is 2.32. The van der Waals surface area contributed by atoms with Crippen LogP contribution in [0.3, 0.4) is 0 Å². The van der Waals surface area contributed by atoms with Crippen molar-refractivity contribution in [3.05, 3.63) is 29.5 Å². The lowest BCUT2D eigenvalue weighted by Crippen LogP contribution is -2.38. The molecule has 1 aromatic heterocycles. The van der Waals surface area contributed by atoms with E-state index in [2.05, 4.69) is 34.2 Å². The van der Waals surface area contributed by atoms with Gasteiger partial charge in [0.2, 0.25) is 0 Å². The van der Waals surface area contributed by atoms with Gasteiger partial charge in [-0.25, -0.2) is 4.39 Å². The monoisotopic (exact) mass is 291 g/mol. The van der Waals surface area contributed by atoms with Crippen molar-refractivity contribution in [1.82, 2.24) is 15.1 Å². The molecule has 1 fully saturated rings. The summed E-state index contributed by atoms with van der Waals surface area (Å²) >= 11 is 0. The second-order valence-electron chi connectivity index (χ2n) is 6.02. The van der Waals surface area contributed by atoms with Gasteiger partial charge in [0.25, 0.3) is 0 Å². The summed E-state index contributed by atoms with van der Waals surface area (Å²) in [4.78, 5) is 2.11. The number of hydrogen-bond acceptors (Lipinski definition) is 3. The summed E-state index contributed by atoms with van der Waals surface area (Å²) in [6, 6.07) is 4.40. The van der Waals surface area contributed by atoms with E-state index in [4.69, 9.17) is 5.11 Å². The van der Waals surface area contributed by atoms with E-state index in [0.29, 0.717) is 12.5 Å². The molecule has 1 atom stereocenters. The third-order valence-electron chi connectivity index (χ3n) is 4.51. The zero-order chi connectivity index (χ0) is 14.8.